The molecule has 0 unspecified atom stereocenters. The van der Waals surface area contributed by atoms with Crippen molar-refractivity contribution in [1.82, 2.24) is 9.13 Å². The molecule has 0 atom stereocenters. The van der Waals surface area contributed by atoms with E-state index < -0.39 is 5.69 Å². The lowest BCUT2D eigenvalue weighted by atomic mass is 10.2. The second-order valence-electron chi connectivity index (χ2n) is 7.43. The van der Waals surface area contributed by atoms with Crippen LogP contribution in [0.3, 0.4) is 0 Å². The highest BCUT2D eigenvalue weighted by Crippen LogP contribution is 2.23. The van der Waals surface area contributed by atoms with Gasteiger partial charge in [0, 0.05) is 12.2 Å². The van der Waals surface area contributed by atoms with Gasteiger partial charge in [0.15, 0.2) is 0 Å². The predicted octanol–water partition coefficient (Wildman–Crippen LogP) is 3.92. The lowest BCUT2D eigenvalue weighted by Gasteiger charge is -2.13. The first-order valence-corrected chi connectivity index (χ1v) is 10.3. The van der Waals surface area contributed by atoms with Crippen molar-refractivity contribution < 1.29 is 9.53 Å². The molecular weight excluding hydrogens is 406 g/mol. The van der Waals surface area contributed by atoms with E-state index in [0.717, 1.165) is 15.9 Å². The molecule has 0 bridgehead atoms. The van der Waals surface area contributed by atoms with Gasteiger partial charge in [-0.2, -0.15) is 0 Å². The number of carbonyl (C=O) groups excluding carboxylic acids is 1. The number of benzene rings is 3. The fourth-order valence-corrected chi connectivity index (χ4v) is 3.57. The molecule has 32 heavy (non-hydrogen) atoms. The van der Waals surface area contributed by atoms with Crippen molar-refractivity contribution in [3.05, 3.63) is 99.2 Å². The molecule has 0 saturated carbocycles. The number of rotatable bonds is 6. The first-order valence-electron chi connectivity index (χ1n) is 10.3. The zero-order chi connectivity index (χ0) is 22.7. The minimum Gasteiger partial charge on any atom is -0.457 e. The number of amides is 1. The topological polar surface area (TPSA) is 82.3 Å². The van der Waals surface area contributed by atoms with Gasteiger partial charge in [-0.15, -0.1) is 0 Å². The third-order valence-electron chi connectivity index (χ3n) is 5.11. The van der Waals surface area contributed by atoms with E-state index in [4.69, 9.17) is 4.74 Å². The Morgan fingerprint density at radius 1 is 0.906 bits per heavy atom. The SMILES string of the molecule is CCn1c(=O)c2ccccc2n(CC(=O)Nc2ccc(Oc3cccc(C)c3)cc2)c1=O. The Bertz CT molecular complexity index is 1400. The average molecular weight is 429 g/mol. The van der Waals surface area contributed by atoms with Crippen LogP contribution < -0.4 is 21.3 Å². The van der Waals surface area contributed by atoms with Gasteiger partial charge in [0.2, 0.25) is 5.91 Å². The number of anilines is 1. The molecule has 0 radical (unpaired) electrons. The number of ether oxygens (including phenoxy) is 1. The van der Waals surface area contributed by atoms with Gasteiger partial charge in [-0.1, -0.05) is 24.3 Å². The standard InChI is InChI=1S/C25H23N3O4/c1-3-27-24(30)21-9-4-5-10-22(21)28(25(27)31)16-23(29)26-18-11-13-19(14-12-18)32-20-8-6-7-17(2)15-20/h4-15H,3,16H2,1-2H3,(H,26,29). The van der Waals surface area contributed by atoms with Gasteiger partial charge in [-0.25, -0.2) is 4.79 Å². The summed E-state index contributed by atoms with van der Waals surface area (Å²) in [5.74, 6) is 1.01. The van der Waals surface area contributed by atoms with E-state index in [1.165, 1.54) is 4.57 Å². The number of aryl methyl sites for hydroxylation is 1. The number of hydrogen-bond acceptors (Lipinski definition) is 4. The van der Waals surface area contributed by atoms with Gasteiger partial charge in [-0.05, 0) is 67.9 Å². The van der Waals surface area contributed by atoms with Crippen molar-refractivity contribution in [3.63, 3.8) is 0 Å². The molecule has 0 aliphatic heterocycles. The largest absolute Gasteiger partial charge is 0.457 e. The maximum atomic E-state index is 12.8. The number of carbonyl (C=O) groups is 1. The summed E-state index contributed by atoms with van der Waals surface area (Å²) >= 11 is 0. The first kappa shape index (κ1) is 21.1. The molecule has 0 aliphatic rings. The Labute approximate surface area is 184 Å². The van der Waals surface area contributed by atoms with Crippen LogP contribution in [-0.4, -0.2) is 15.0 Å². The number of para-hydroxylation sites is 1. The zero-order valence-electron chi connectivity index (χ0n) is 17.9. The molecule has 1 heterocycles. The highest BCUT2D eigenvalue weighted by molar-refractivity contribution is 5.91. The molecule has 1 aromatic heterocycles. The summed E-state index contributed by atoms with van der Waals surface area (Å²) in [7, 11) is 0. The van der Waals surface area contributed by atoms with Crippen LogP contribution in [0.4, 0.5) is 5.69 Å². The van der Waals surface area contributed by atoms with Crippen molar-refractivity contribution in [1.29, 1.82) is 0 Å². The van der Waals surface area contributed by atoms with Crippen LogP contribution in [0.1, 0.15) is 12.5 Å². The zero-order valence-corrected chi connectivity index (χ0v) is 17.9. The Hall–Kier alpha value is -4.13. The fraction of sp³-hybridized carbons (Fsp3) is 0.160. The van der Waals surface area contributed by atoms with Crippen LogP contribution in [0.5, 0.6) is 11.5 Å². The van der Waals surface area contributed by atoms with E-state index in [1.54, 1.807) is 55.5 Å². The van der Waals surface area contributed by atoms with Crippen LogP contribution >= 0.6 is 0 Å². The minimum absolute atomic E-state index is 0.207. The molecule has 0 fully saturated rings. The van der Waals surface area contributed by atoms with Crippen LogP contribution in [0, 0.1) is 6.92 Å². The molecule has 0 spiro atoms. The van der Waals surface area contributed by atoms with Crippen molar-refractivity contribution >= 4 is 22.5 Å². The quantitative estimate of drug-likeness (QED) is 0.504. The van der Waals surface area contributed by atoms with E-state index in [-0.39, 0.29) is 24.6 Å². The second-order valence-corrected chi connectivity index (χ2v) is 7.43. The molecule has 3 aromatic carbocycles. The summed E-state index contributed by atoms with van der Waals surface area (Å²) in [5, 5.41) is 3.20. The van der Waals surface area contributed by atoms with Crippen molar-refractivity contribution in [3.8, 4) is 11.5 Å². The molecular formula is C25H23N3O4. The van der Waals surface area contributed by atoms with E-state index in [0.29, 0.717) is 22.3 Å². The van der Waals surface area contributed by atoms with Crippen LogP contribution in [0.2, 0.25) is 0 Å². The number of hydrogen-bond donors (Lipinski definition) is 1. The summed E-state index contributed by atoms with van der Waals surface area (Å²) in [6.07, 6.45) is 0. The van der Waals surface area contributed by atoms with E-state index in [9.17, 15) is 14.4 Å². The van der Waals surface area contributed by atoms with Crippen LogP contribution in [0.15, 0.2) is 82.4 Å². The van der Waals surface area contributed by atoms with Crippen molar-refractivity contribution in [2.45, 2.75) is 26.9 Å². The Balaban J connectivity index is 1.53. The summed E-state index contributed by atoms with van der Waals surface area (Å²) < 4.78 is 8.28. The molecule has 0 saturated heterocycles. The van der Waals surface area contributed by atoms with Gasteiger partial charge in [0.1, 0.15) is 18.0 Å². The second kappa shape index (κ2) is 8.93. The monoisotopic (exact) mass is 429 g/mol. The van der Waals surface area contributed by atoms with E-state index in [2.05, 4.69) is 5.32 Å². The highest BCUT2D eigenvalue weighted by Gasteiger charge is 2.14. The Morgan fingerprint density at radius 2 is 1.66 bits per heavy atom. The summed E-state index contributed by atoms with van der Waals surface area (Å²) in [6, 6.07) is 21.5. The summed E-state index contributed by atoms with van der Waals surface area (Å²) in [6.45, 7) is 3.74. The molecule has 4 aromatic rings. The molecule has 4 rings (SSSR count). The fourth-order valence-electron chi connectivity index (χ4n) is 3.57. The van der Waals surface area contributed by atoms with Crippen LogP contribution in [-0.2, 0) is 17.9 Å². The molecule has 162 valence electrons. The number of aromatic nitrogens is 2. The molecule has 0 aliphatic carbocycles. The average Bonchev–Trinajstić information content (AvgIpc) is 2.78. The number of nitrogens with zero attached hydrogens (tertiary/aromatic N) is 2. The lowest BCUT2D eigenvalue weighted by Crippen LogP contribution is -2.41. The summed E-state index contributed by atoms with van der Waals surface area (Å²) in [4.78, 5) is 38.0. The number of fused-ring (bicyclic) bond motifs is 1. The molecule has 1 amide bonds. The highest BCUT2D eigenvalue weighted by atomic mass is 16.5. The molecule has 1 N–H and O–H groups in total. The van der Waals surface area contributed by atoms with E-state index in [1.807, 2.05) is 31.2 Å². The smallest absolute Gasteiger partial charge is 0.331 e. The molecule has 7 nitrogen and oxygen atoms in total. The van der Waals surface area contributed by atoms with Crippen molar-refractivity contribution in [2.24, 2.45) is 0 Å². The number of nitrogens with one attached hydrogen (secondary N) is 1. The minimum atomic E-state index is -0.506. The maximum absolute atomic E-state index is 12.8. The van der Waals surface area contributed by atoms with E-state index >= 15 is 0 Å². The van der Waals surface area contributed by atoms with Crippen LogP contribution in [0.25, 0.3) is 10.9 Å². The summed E-state index contributed by atoms with van der Waals surface area (Å²) in [5.41, 5.74) is 1.25. The lowest BCUT2D eigenvalue weighted by molar-refractivity contribution is -0.116. The maximum Gasteiger partial charge on any atom is 0.331 e. The molecule has 7 heteroatoms. The first-order chi connectivity index (χ1) is 15.5. The van der Waals surface area contributed by atoms with Gasteiger partial charge in [-0.3, -0.25) is 18.7 Å². The van der Waals surface area contributed by atoms with Gasteiger partial charge in [0.05, 0.1) is 10.9 Å². The predicted molar refractivity (Wildman–Crippen MR) is 124 cm³/mol. The Morgan fingerprint density at radius 3 is 2.38 bits per heavy atom. The van der Waals surface area contributed by atoms with Gasteiger partial charge in [0.25, 0.3) is 5.56 Å². The third kappa shape index (κ3) is 4.32. The van der Waals surface area contributed by atoms with Gasteiger partial charge >= 0.3 is 5.69 Å². The Kier molecular flexibility index (Phi) is 5.89. The van der Waals surface area contributed by atoms with Crippen molar-refractivity contribution in [2.75, 3.05) is 5.32 Å². The van der Waals surface area contributed by atoms with Gasteiger partial charge < -0.3 is 10.1 Å². The third-order valence-corrected chi connectivity index (χ3v) is 5.11. The normalized spacial score (nSPS) is 10.8.